The molecule has 0 saturated carbocycles. The van der Waals surface area contributed by atoms with Gasteiger partial charge >= 0.3 is 0 Å². The van der Waals surface area contributed by atoms with Gasteiger partial charge in [0.1, 0.15) is 10.8 Å². The molecule has 2 aromatic rings. The Morgan fingerprint density at radius 2 is 2.00 bits per heavy atom. The maximum atomic E-state index is 10.3. The molecule has 0 bridgehead atoms. The molecule has 128 valence electrons. The lowest BCUT2D eigenvalue weighted by molar-refractivity contribution is 0.0131. The number of hydrogen-bond donors (Lipinski definition) is 2. The maximum absolute atomic E-state index is 10.3. The normalized spacial score (nSPS) is 16.7. The van der Waals surface area contributed by atoms with Gasteiger partial charge in [-0.1, -0.05) is 30.3 Å². The number of nitrogens with one attached hydrogen (secondary N) is 1. The number of anilines is 1. The van der Waals surface area contributed by atoms with Crippen LogP contribution in [0.25, 0.3) is 0 Å². The highest BCUT2D eigenvalue weighted by atomic mass is 32.2. The summed E-state index contributed by atoms with van der Waals surface area (Å²) in [6.07, 6.45) is 4.93. The molecule has 6 heteroatoms. The van der Waals surface area contributed by atoms with Crippen LogP contribution in [0, 0.1) is 5.92 Å². The van der Waals surface area contributed by atoms with Gasteiger partial charge in [0.2, 0.25) is 0 Å². The van der Waals surface area contributed by atoms with Gasteiger partial charge in [-0.15, -0.1) is 11.8 Å². The number of aliphatic hydroxyl groups is 1. The first-order chi connectivity index (χ1) is 11.8. The molecule has 1 saturated heterocycles. The lowest BCUT2D eigenvalue weighted by Crippen LogP contribution is -2.32. The van der Waals surface area contributed by atoms with Crippen molar-refractivity contribution in [1.29, 1.82) is 0 Å². The standard InChI is InChI=1S/C18H23N3O2S/c22-16(15-6-8-23-9-7-15)10-20-17-11-19-12-18(21-17)24-13-14-4-2-1-3-5-14/h1-5,11-12,15-16,22H,6-10,13H2,(H,20,21). The molecule has 3 rings (SSSR count). The Morgan fingerprint density at radius 1 is 1.21 bits per heavy atom. The fourth-order valence-corrected chi connectivity index (χ4v) is 3.52. The van der Waals surface area contributed by atoms with Crippen molar-refractivity contribution in [3.63, 3.8) is 0 Å². The molecule has 0 spiro atoms. The molecule has 1 aromatic heterocycles. The van der Waals surface area contributed by atoms with Crippen LogP contribution in [-0.4, -0.2) is 40.9 Å². The average Bonchev–Trinajstić information content (AvgIpc) is 2.66. The van der Waals surface area contributed by atoms with Crippen LogP contribution in [0.3, 0.4) is 0 Å². The van der Waals surface area contributed by atoms with Crippen LogP contribution >= 0.6 is 11.8 Å². The monoisotopic (exact) mass is 345 g/mol. The summed E-state index contributed by atoms with van der Waals surface area (Å²) in [7, 11) is 0. The Labute approximate surface area is 146 Å². The van der Waals surface area contributed by atoms with E-state index in [1.165, 1.54) is 5.56 Å². The zero-order valence-electron chi connectivity index (χ0n) is 13.6. The largest absolute Gasteiger partial charge is 0.391 e. The summed E-state index contributed by atoms with van der Waals surface area (Å²) in [5.41, 5.74) is 1.26. The summed E-state index contributed by atoms with van der Waals surface area (Å²) < 4.78 is 5.34. The van der Waals surface area contributed by atoms with Gasteiger partial charge in [-0.05, 0) is 24.3 Å². The Balaban J connectivity index is 1.49. The predicted molar refractivity (Wildman–Crippen MR) is 96.1 cm³/mol. The Morgan fingerprint density at radius 3 is 2.79 bits per heavy atom. The van der Waals surface area contributed by atoms with E-state index in [2.05, 4.69) is 27.4 Å². The molecule has 1 unspecified atom stereocenters. The molecule has 1 fully saturated rings. The fraction of sp³-hybridized carbons (Fsp3) is 0.444. The van der Waals surface area contributed by atoms with E-state index in [0.717, 1.165) is 36.8 Å². The molecule has 2 heterocycles. The highest BCUT2D eigenvalue weighted by Crippen LogP contribution is 2.22. The number of aliphatic hydroxyl groups excluding tert-OH is 1. The highest BCUT2D eigenvalue weighted by Gasteiger charge is 2.21. The van der Waals surface area contributed by atoms with Gasteiger partial charge in [0.05, 0.1) is 18.5 Å². The number of rotatable bonds is 7. The van der Waals surface area contributed by atoms with Crippen molar-refractivity contribution in [2.45, 2.75) is 29.7 Å². The minimum absolute atomic E-state index is 0.301. The number of nitrogens with zero attached hydrogens (tertiary/aromatic N) is 2. The summed E-state index contributed by atoms with van der Waals surface area (Å²) in [5.74, 6) is 1.87. The van der Waals surface area contributed by atoms with Crippen LogP contribution in [0.1, 0.15) is 18.4 Å². The summed E-state index contributed by atoms with van der Waals surface area (Å²) in [5, 5.41) is 14.4. The Bertz CT molecular complexity index is 621. The summed E-state index contributed by atoms with van der Waals surface area (Å²) in [6, 6.07) is 10.3. The van der Waals surface area contributed by atoms with Gasteiger partial charge < -0.3 is 15.2 Å². The molecule has 1 aliphatic rings. The molecular weight excluding hydrogens is 322 g/mol. The molecule has 0 amide bonds. The van der Waals surface area contributed by atoms with Crippen molar-refractivity contribution in [3.8, 4) is 0 Å². The molecule has 1 aliphatic heterocycles. The first kappa shape index (κ1) is 17.2. The number of hydrogen-bond acceptors (Lipinski definition) is 6. The zero-order valence-corrected chi connectivity index (χ0v) is 14.4. The Hall–Kier alpha value is -1.63. The summed E-state index contributed by atoms with van der Waals surface area (Å²) in [6.45, 7) is 1.98. The Kier molecular flexibility index (Phi) is 6.46. The van der Waals surface area contributed by atoms with E-state index in [9.17, 15) is 5.11 Å². The summed E-state index contributed by atoms with van der Waals surface area (Å²) in [4.78, 5) is 8.80. The third-order valence-electron chi connectivity index (χ3n) is 4.14. The van der Waals surface area contributed by atoms with Crippen molar-refractivity contribution >= 4 is 17.6 Å². The van der Waals surface area contributed by atoms with Crippen molar-refractivity contribution in [1.82, 2.24) is 9.97 Å². The van der Waals surface area contributed by atoms with Gasteiger partial charge in [0.15, 0.2) is 0 Å². The quantitative estimate of drug-likeness (QED) is 0.752. The molecule has 2 N–H and O–H groups in total. The number of aromatic nitrogens is 2. The second kappa shape index (κ2) is 9.01. The maximum Gasteiger partial charge on any atom is 0.145 e. The van der Waals surface area contributed by atoms with Gasteiger partial charge in [-0.25, -0.2) is 4.98 Å². The van der Waals surface area contributed by atoms with E-state index in [1.807, 2.05) is 18.2 Å². The van der Waals surface area contributed by atoms with Gasteiger partial charge in [-0.3, -0.25) is 4.98 Å². The second-order valence-electron chi connectivity index (χ2n) is 5.91. The third kappa shape index (κ3) is 5.19. The van der Waals surface area contributed by atoms with Gasteiger partial charge in [-0.2, -0.15) is 0 Å². The molecule has 0 radical (unpaired) electrons. The van der Waals surface area contributed by atoms with Gasteiger partial charge in [0, 0.05) is 25.5 Å². The molecule has 1 aromatic carbocycles. The SMILES string of the molecule is OC(CNc1cncc(SCc2ccccc2)n1)C1CCOCC1. The van der Waals surface area contributed by atoms with Crippen molar-refractivity contribution in [2.24, 2.45) is 5.92 Å². The van der Waals surface area contributed by atoms with Crippen LogP contribution in [0.2, 0.25) is 0 Å². The van der Waals surface area contributed by atoms with E-state index < -0.39 is 0 Å². The minimum Gasteiger partial charge on any atom is -0.391 e. The molecule has 24 heavy (non-hydrogen) atoms. The lowest BCUT2D eigenvalue weighted by atomic mass is 9.94. The number of benzene rings is 1. The molecule has 0 aliphatic carbocycles. The van der Waals surface area contributed by atoms with Crippen molar-refractivity contribution in [2.75, 3.05) is 25.1 Å². The molecule has 5 nitrogen and oxygen atoms in total. The van der Waals surface area contributed by atoms with Crippen molar-refractivity contribution in [3.05, 3.63) is 48.3 Å². The smallest absolute Gasteiger partial charge is 0.145 e. The van der Waals surface area contributed by atoms with E-state index >= 15 is 0 Å². The first-order valence-electron chi connectivity index (χ1n) is 8.30. The number of thioether (sulfide) groups is 1. The van der Waals surface area contributed by atoms with E-state index in [1.54, 1.807) is 24.2 Å². The van der Waals surface area contributed by atoms with Crippen LogP contribution in [0.4, 0.5) is 5.82 Å². The molecule has 1 atom stereocenters. The topological polar surface area (TPSA) is 67.3 Å². The average molecular weight is 345 g/mol. The van der Waals surface area contributed by atoms with Crippen LogP contribution in [0.15, 0.2) is 47.8 Å². The van der Waals surface area contributed by atoms with Gasteiger partial charge in [0.25, 0.3) is 0 Å². The van der Waals surface area contributed by atoms with E-state index in [0.29, 0.717) is 18.3 Å². The predicted octanol–water partition coefficient (Wildman–Crippen LogP) is 2.97. The summed E-state index contributed by atoms with van der Waals surface area (Å²) >= 11 is 1.66. The zero-order chi connectivity index (χ0) is 16.6. The van der Waals surface area contributed by atoms with Crippen LogP contribution in [0.5, 0.6) is 0 Å². The van der Waals surface area contributed by atoms with E-state index in [4.69, 9.17) is 4.74 Å². The lowest BCUT2D eigenvalue weighted by Gasteiger charge is -2.26. The minimum atomic E-state index is -0.378. The molecular formula is C18H23N3O2S. The highest BCUT2D eigenvalue weighted by molar-refractivity contribution is 7.98. The third-order valence-corrected chi connectivity index (χ3v) is 5.11. The second-order valence-corrected chi connectivity index (χ2v) is 6.91. The first-order valence-corrected chi connectivity index (χ1v) is 9.28. The number of ether oxygens (including phenoxy) is 1. The van der Waals surface area contributed by atoms with E-state index in [-0.39, 0.29) is 6.10 Å². The van der Waals surface area contributed by atoms with Crippen molar-refractivity contribution < 1.29 is 9.84 Å². The fourth-order valence-electron chi connectivity index (χ4n) is 2.71. The van der Waals surface area contributed by atoms with Crippen LogP contribution < -0.4 is 5.32 Å². The van der Waals surface area contributed by atoms with Crippen LogP contribution in [-0.2, 0) is 10.5 Å².